The first-order valence-electron chi connectivity index (χ1n) is 9.05. The summed E-state index contributed by atoms with van der Waals surface area (Å²) >= 11 is 0. The van der Waals surface area contributed by atoms with E-state index in [4.69, 9.17) is 4.42 Å². The number of carbonyl (C=O) groups is 1. The molecule has 1 saturated heterocycles. The first kappa shape index (κ1) is 16.6. The number of likely N-dealkylation sites (tertiary alicyclic amines) is 1. The van der Waals surface area contributed by atoms with Crippen molar-refractivity contribution in [2.45, 2.75) is 38.6 Å². The summed E-state index contributed by atoms with van der Waals surface area (Å²) in [5, 5.41) is 3.02. The van der Waals surface area contributed by atoms with Crippen molar-refractivity contribution in [1.29, 1.82) is 0 Å². The molecule has 26 heavy (non-hydrogen) atoms. The monoisotopic (exact) mass is 350 g/mol. The van der Waals surface area contributed by atoms with E-state index in [0.717, 1.165) is 49.0 Å². The maximum atomic E-state index is 13.0. The molecule has 0 saturated carbocycles. The fraction of sp³-hybridized carbons (Fsp3) is 0.350. The molecule has 3 heterocycles. The lowest BCUT2D eigenvalue weighted by Crippen LogP contribution is -2.38. The van der Waals surface area contributed by atoms with Crippen LogP contribution in [0.25, 0.3) is 11.1 Å². The van der Waals surface area contributed by atoms with E-state index in [-0.39, 0.29) is 12.1 Å². The number of hydrogen-bond acceptors (Lipinski definition) is 4. The Balaban J connectivity index is 1.57. The zero-order valence-electron chi connectivity index (χ0n) is 14.8. The number of oxazole rings is 1. The third-order valence-corrected chi connectivity index (χ3v) is 4.85. The summed E-state index contributed by atoms with van der Waals surface area (Å²) in [4.78, 5) is 23.3. The Labute approximate surface area is 152 Å². The molecule has 134 valence electrons. The van der Waals surface area contributed by atoms with Gasteiger partial charge >= 0.3 is 6.03 Å². The van der Waals surface area contributed by atoms with E-state index in [2.05, 4.69) is 15.3 Å². The molecular formula is C20H22N4O2. The van der Waals surface area contributed by atoms with Gasteiger partial charge in [-0.3, -0.25) is 4.98 Å². The molecule has 1 aliphatic heterocycles. The van der Waals surface area contributed by atoms with Crippen molar-refractivity contribution in [3.63, 3.8) is 0 Å². The molecule has 0 unspecified atom stereocenters. The summed E-state index contributed by atoms with van der Waals surface area (Å²) in [5.41, 5.74) is 3.33. The topological polar surface area (TPSA) is 71.3 Å². The van der Waals surface area contributed by atoms with Crippen LogP contribution in [0, 0.1) is 6.92 Å². The minimum absolute atomic E-state index is 0.0794. The number of nitrogens with one attached hydrogen (secondary N) is 1. The standard InChI is InChI=1S/C20H22N4O2/c1-14-22-17-7-6-16(13-19(17)26-14)23-20(25)24-12-4-2-3-5-18(24)15-8-10-21-11-9-15/h6-11,13,18H,2-5,12H2,1H3,(H,23,25)/t18-/m0/s1. The second kappa shape index (κ2) is 7.15. The van der Waals surface area contributed by atoms with E-state index in [0.29, 0.717) is 11.5 Å². The highest BCUT2D eigenvalue weighted by Crippen LogP contribution is 2.30. The van der Waals surface area contributed by atoms with Crippen molar-refractivity contribution in [3.8, 4) is 0 Å². The molecule has 2 aromatic heterocycles. The van der Waals surface area contributed by atoms with Crippen LogP contribution in [-0.4, -0.2) is 27.4 Å². The lowest BCUT2D eigenvalue weighted by atomic mass is 10.0. The first-order chi connectivity index (χ1) is 12.7. The summed E-state index contributed by atoms with van der Waals surface area (Å²) < 4.78 is 5.56. The number of amides is 2. The van der Waals surface area contributed by atoms with Gasteiger partial charge in [0.2, 0.25) is 0 Å². The summed E-state index contributed by atoms with van der Waals surface area (Å²) in [6, 6.07) is 9.55. The van der Waals surface area contributed by atoms with Gasteiger partial charge in [0.25, 0.3) is 0 Å². The molecule has 1 aromatic carbocycles. The van der Waals surface area contributed by atoms with Crippen molar-refractivity contribution in [1.82, 2.24) is 14.9 Å². The van der Waals surface area contributed by atoms with E-state index >= 15 is 0 Å². The van der Waals surface area contributed by atoms with Gasteiger partial charge in [-0.2, -0.15) is 0 Å². The molecule has 4 rings (SSSR count). The minimum Gasteiger partial charge on any atom is -0.441 e. The lowest BCUT2D eigenvalue weighted by molar-refractivity contribution is 0.189. The van der Waals surface area contributed by atoms with Crippen LogP contribution in [0.3, 0.4) is 0 Å². The molecular weight excluding hydrogens is 328 g/mol. The van der Waals surface area contributed by atoms with Gasteiger partial charge < -0.3 is 14.6 Å². The molecule has 0 aliphatic carbocycles. The number of fused-ring (bicyclic) bond motifs is 1. The zero-order chi connectivity index (χ0) is 17.9. The third kappa shape index (κ3) is 3.40. The van der Waals surface area contributed by atoms with Gasteiger partial charge in [0.1, 0.15) is 5.52 Å². The molecule has 6 nitrogen and oxygen atoms in total. The Kier molecular flexibility index (Phi) is 4.56. The fourth-order valence-electron chi connectivity index (χ4n) is 3.60. The van der Waals surface area contributed by atoms with Crippen molar-refractivity contribution >= 4 is 22.8 Å². The number of carbonyl (C=O) groups excluding carboxylic acids is 1. The van der Waals surface area contributed by atoms with E-state index in [1.165, 1.54) is 0 Å². The molecule has 1 N–H and O–H groups in total. The maximum Gasteiger partial charge on any atom is 0.322 e. The predicted octanol–water partition coefficient (Wildman–Crippen LogP) is 4.68. The van der Waals surface area contributed by atoms with Crippen LogP contribution in [0.2, 0.25) is 0 Å². The molecule has 0 radical (unpaired) electrons. The van der Waals surface area contributed by atoms with Crippen LogP contribution >= 0.6 is 0 Å². The Morgan fingerprint density at radius 1 is 1.19 bits per heavy atom. The van der Waals surface area contributed by atoms with Crippen LogP contribution in [0.4, 0.5) is 10.5 Å². The Morgan fingerprint density at radius 2 is 2.04 bits per heavy atom. The predicted molar refractivity (Wildman–Crippen MR) is 99.9 cm³/mol. The second-order valence-electron chi connectivity index (χ2n) is 6.68. The molecule has 3 aromatic rings. The van der Waals surface area contributed by atoms with Crippen LogP contribution in [0.5, 0.6) is 0 Å². The maximum absolute atomic E-state index is 13.0. The molecule has 1 fully saturated rings. The van der Waals surface area contributed by atoms with Gasteiger partial charge in [-0.15, -0.1) is 0 Å². The van der Waals surface area contributed by atoms with Crippen LogP contribution in [-0.2, 0) is 0 Å². The Bertz CT molecular complexity index is 907. The number of benzene rings is 1. The average molecular weight is 350 g/mol. The van der Waals surface area contributed by atoms with Crippen LogP contribution < -0.4 is 5.32 Å². The molecule has 0 bridgehead atoms. The van der Waals surface area contributed by atoms with Gasteiger partial charge in [0.15, 0.2) is 11.5 Å². The van der Waals surface area contributed by atoms with Crippen molar-refractivity contribution in [3.05, 3.63) is 54.2 Å². The van der Waals surface area contributed by atoms with Gasteiger partial charge in [-0.1, -0.05) is 12.8 Å². The number of urea groups is 1. The van der Waals surface area contributed by atoms with Crippen molar-refractivity contribution < 1.29 is 9.21 Å². The van der Waals surface area contributed by atoms with Gasteiger partial charge in [-0.25, -0.2) is 9.78 Å². The van der Waals surface area contributed by atoms with Crippen LogP contribution in [0.1, 0.15) is 43.2 Å². The number of rotatable bonds is 2. The van der Waals surface area contributed by atoms with Crippen molar-refractivity contribution in [2.75, 3.05) is 11.9 Å². The van der Waals surface area contributed by atoms with E-state index in [1.54, 1.807) is 12.4 Å². The fourth-order valence-corrected chi connectivity index (χ4v) is 3.60. The second-order valence-corrected chi connectivity index (χ2v) is 6.68. The molecule has 2 amide bonds. The quantitative estimate of drug-likeness (QED) is 0.728. The lowest BCUT2D eigenvalue weighted by Gasteiger charge is -2.30. The largest absolute Gasteiger partial charge is 0.441 e. The van der Waals surface area contributed by atoms with Crippen LogP contribution in [0.15, 0.2) is 47.1 Å². The Morgan fingerprint density at radius 3 is 2.88 bits per heavy atom. The SMILES string of the molecule is Cc1nc2ccc(NC(=O)N3CCCCC[C@H]3c3ccncc3)cc2o1. The smallest absolute Gasteiger partial charge is 0.322 e. The first-order valence-corrected chi connectivity index (χ1v) is 9.05. The number of nitrogens with zero attached hydrogens (tertiary/aromatic N) is 3. The normalized spacial score (nSPS) is 17.9. The number of aryl methyl sites for hydroxylation is 1. The number of aromatic nitrogens is 2. The summed E-state index contributed by atoms with van der Waals surface area (Å²) in [7, 11) is 0. The molecule has 1 atom stereocenters. The van der Waals surface area contributed by atoms with E-state index < -0.39 is 0 Å². The van der Waals surface area contributed by atoms with Gasteiger partial charge in [-0.05, 0) is 42.7 Å². The number of hydrogen-bond donors (Lipinski definition) is 1. The van der Waals surface area contributed by atoms with E-state index in [1.807, 2.05) is 42.2 Å². The molecule has 1 aliphatic rings. The van der Waals surface area contributed by atoms with Gasteiger partial charge in [0.05, 0.1) is 6.04 Å². The average Bonchev–Trinajstić information content (AvgIpc) is 2.86. The number of pyridine rings is 1. The highest BCUT2D eigenvalue weighted by atomic mass is 16.3. The minimum atomic E-state index is -0.0794. The molecule has 6 heteroatoms. The highest BCUT2D eigenvalue weighted by molar-refractivity contribution is 5.91. The third-order valence-electron chi connectivity index (χ3n) is 4.85. The summed E-state index contributed by atoms with van der Waals surface area (Å²) in [5.74, 6) is 0.619. The highest BCUT2D eigenvalue weighted by Gasteiger charge is 2.26. The summed E-state index contributed by atoms with van der Waals surface area (Å²) in [6.45, 7) is 2.57. The molecule has 0 spiro atoms. The van der Waals surface area contributed by atoms with Gasteiger partial charge in [0, 0.05) is 37.6 Å². The Hall–Kier alpha value is -2.89. The van der Waals surface area contributed by atoms with Crippen molar-refractivity contribution in [2.24, 2.45) is 0 Å². The zero-order valence-corrected chi connectivity index (χ0v) is 14.8. The van der Waals surface area contributed by atoms with E-state index in [9.17, 15) is 4.79 Å². The summed E-state index contributed by atoms with van der Waals surface area (Å²) in [6.07, 6.45) is 7.84. The number of anilines is 1.